The molecule has 36 heavy (non-hydrogen) atoms. The molecule has 1 saturated heterocycles. The molecule has 2 aliphatic rings. The van der Waals surface area contributed by atoms with Crippen LogP contribution in [0.1, 0.15) is 49.1 Å². The van der Waals surface area contributed by atoms with Gasteiger partial charge in [-0.3, -0.25) is 9.78 Å². The van der Waals surface area contributed by atoms with Crippen molar-refractivity contribution >= 4 is 40.1 Å². The highest BCUT2D eigenvalue weighted by atomic mass is 16.3. The van der Waals surface area contributed by atoms with Crippen LogP contribution in [0, 0.1) is 11.3 Å². The van der Waals surface area contributed by atoms with Gasteiger partial charge in [0.15, 0.2) is 0 Å². The summed E-state index contributed by atoms with van der Waals surface area (Å²) in [5.74, 6) is 0.967. The molecule has 0 spiro atoms. The number of anilines is 3. The quantitative estimate of drug-likeness (QED) is 0.524. The van der Waals surface area contributed by atoms with Gasteiger partial charge in [0, 0.05) is 49.6 Å². The van der Waals surface area contributed by atoms with E-state index in [1.54, 1.807) is 23.4 Å². The van der Waals surface area contributed by atoms with E-state index in [0.29, 0.717) is 36.9 Å². The van der Waals surface area contributed by atoms with Crippen LogP contribution in [0.15, 0.2) is 37.2 Å². The summed E-state index contributed by atoms with van der Waals surface area (Å²) in [6.45, 7) is 7.40. The van der Waals surface area contributed by atoms with E-state index in [1.165, 1.54) is 0 Å². The minimum absolute atomic E-state index is 0.0394. The van der Waals surface area contributed by atoms with Crippen LogP contribution in [0.4, 0.5) is 17.2 Å². The third-order valence-corrected chi connectivity index (χ3v) is 6.80. The lowest BCUT2D eigenvalue weighted by molar-refractivity contribution is -0.134. The lowest BCUT2D eigenvalue weighted by Crippen LogP contribution is -2.54. The van der Waals surface area contributed by atoms with Crippen molar-refractivity contribution in [1.29, 1.82) is 5.26 Å². The molecule has 2 fully saturated rings. The normalized spacial score (nSPS) is 17.6. The van der Waals surface area contributed by atoms with Crippen LogP contribution < -0.4 is 10.2 Å². The van der Waals surface area contributed by atoms with Gasteiger partial charge in [-0.05, 0) is 44.0 Å². The number of nitrogens with zero attached hydrogens (tertiary/aromatic N) is 6. The SMILES string of the molecule is C=Cc1cc(Nc2cc(C#N)c(N3CCN(C(=O)CCO)[C@H](C)C3)nc2C2CC2)c2ccncc2n1. The summed E-state index contributed by atoms with van der Waals surface area (Å²) in [6.07, 6.45) is 7.42. The van der Waals surface area contributed by atoms with Crippen molar-refractivity contribution in [2.75, 3.05) is 36.5 Å². The summed E-state index contributed by atoms with van der Waals surface area (Å²) in [6, 6.07) is 8.05. The maximum absolute atomic E-state index is 12.3. The molecule has 9 nitrogen and oxygen atoms in total. The lowest BCUT2D eigenvalue weighted by Gasteiger charge is -2.40. The van der Waals surface area contributed by atoms with Crippen LogP contribution in [0.2, 0.25) is 0 Å². The molecule has 0 unspecified atom stereocenters. The topological polar surface area (TPSA) is 118 Å². The minimum Gasteiger partial charge on any atom is -0.396 e. The van der Waals surface area contributed by atoms with Gasteiger partial charge in [0.25, 0.3) is 0 Å². The monoisotopic (exact) mass is 483 g/mol. The van der Waals surface area contributed by atoms with Gasteiger partial charge in [0.1, 0.15) is 11.9 Å². The van der Waals surface area contributed by atoms with E-state index in [-0.39, 0.29) is 25.0 Å². The zero-order valence-corrected chi connectivity index (χ0v) is 20.3. The average molecular weight is 484 g/mol. The van der Waals surface area contributed by atoms with E-state index >= 15 is 0 Å². The molecule has 2 N–H and O–H groups in total. The second-order valence-corrected chi connectivity index (χ2v) is 9.35. The number of pyridine rings is 3. The second kappa shape index (κ2) is 9.91. The van der Waals surface area contributed by atoms with Gasteiger partial charge < -0.3 is 20.2 Å². The first kappa shape index (κ1) is 23.7. The van der Waals surface area contributed by atoms with Crippen LogP contribution >= 0.6 is 0 Å². The summed E-state index contributed by atoms with van der Waals surface area (Å²) in [7, 11) is 0. The molecule has 184 valence electrons. The van der Waals surface area contributed by atoms with E-state index in [0.717, 1.165) is 46.5 Å². The highest BCUT2D eigenvalue weighted by molar-refractivity contribution is 5.94. The Morgan fingerprint density at radius 2 is 2.14 bits per heavy atom. The predicted octanol–water partition coefficient (Wildman–Crippen LogP) is 3.58. The number of carbonyl (C=O) groups is 1. The van der Waals surface area contributed by atoms with E-state index in [2.05, 4.69) is 32.8 Å². The van der Waals surface area contributed by atoms with Crippen LogP contribution in [0.5, 0.6) is 0 Å². The van der Waals surface area contributed by atoms with E-state index in [4.69, 9.17) is 10.1 Å². The standard InChI is InChI=1S/C27H29N7O2/c1-3-20-13-22(21-6-8-29-15-24(21)30-20)31-23-12-19(14-28)27(32-26(23)18-4-5-18)33-9-10-34(17(2)16-33)25(36)7-11-35/h3,6,8,12-13,15,17-18,35H,1,4-5,7,9-11,16H2,2H3,(H,30,31)/t17-/m1/s1. The summed E-state index contributed by atoms with van der Waals surface area (Å²) in [5.41, 5.74) is 4.63. The number of piperazine rings is 1. The number of nitrogens with one attached hydrogen (secondary N) is 1. The molecule has 0 bridgehead atoms. The van der Waals surface area contributed by atoms with Gasteiger partial charge >= 0.3 is 0 Å². The Labute approximate surface area is 210 Å². The maximum atomic E-state index is 12.3. The van der Waals surface area contributed by atoms with Crippen molar-refractivity contribution in [3.63, 3.8) is 0 Å². The summed E-state index contributed by atoms with van der Waals surface area (Å²) < 4.78 is 0. The zero-order chi connectivity index (χ0) is 25.2. The highest BCUT2D eigenvalue weighted by Crippen LogP contribution is 2.45. The fourth-order valence-electron chi connectivity index (χ4n) is 4.82. The Morgan fingerprint density at radius 3 is 2.83 bits per heavy atom. The highest BCUT2D eigenvalue weighted by Gasteiger charge is 2.33. The third-order valence-electron chi connectivity index (χ3n) is 6.80. The first-order valence-corrected chi connectivity index (χ1v) is 12.3. The average Bonchev–Trinajstić information content (AvgIpc) is 3.73. The van der Waals surface area contributed by atoms with Crippen molar-refractivity contribution in [3.8, 4) is 6.07 Å². The maximum Gasteiger partial charge on any atom is 0.225 e. The number of amides is 1. The van der Waals surface area contributed by atoms with Gasteiger partial charge in [0.05, 0.1) is 46.6 Å². The van der Waals surface area contributed by atoms with Crippen molar-refractivity contribution in [3.05, 3.63) is 54.1 Å². The van der Waals surface area contributed by atoms with Crippen LogP contribution in [0.25, 0.3) is 17.0 Å². The number of fused-ring (bicyclic) bond motifs is 1. The summed E-state index contributed by atoms with van der Waals surface area (Å²) >= 11 is 0. The van der Waals surface area contributed by atoms with Crippen LogP contribution in [-0.2, 0) is 4.79 Å². The molecular weight excluding hydrogens is 454 g/mol. The Hall–Kier alpha value is -4.03. The number of aliphatic hydroxyl groups is 1. The van der Waals surface area contributed by atoms with Crippen molar-refractivity contribution in [1.82, 2.24) is 19.9 Å². The minimum atomic E-state index is -0.150. The van der Waals surface area contributed by atoms with Gasteiger partial charge in [-0.15, -0.1) is 0 Å². The molecule has 1 atom stereocenters. The predicted molar refractivity (Wildman–Crippen MR) is 139 cm³/mol. The fraction of sp³-hybridized carbons (Fsp3) is 0.370. The Kier molecular flexibility index (Phi) is 6.53. The summed E-state index contributed by atoms with van der Waals surface area (Å²) in [5, 5.41) is 23.7. The van der Waals surface area contributed by atoms with Gasteiger partial charge in [-0.2, -0.15) is 5.26 Å². The number of hydrogen-bond donors (Lipinski definition) is 2. The van der Waals surface area contributed by atoms with Crippen molar-refractivity contribution in [2.45, 2.75) is 38.1 Å². The van der Waals surface area contributed by atoms with Gasteiger partial charge in [0.2, 0.25) is 5.91 Å². The first-order valence-electron chi connectivity index (χ1n) is 12.3. The van der Waals surface area contributed by atoms with Gasteiger partial charge in [-0.25, -0.2) is 9.97 Å². The smallest absolute Gasteiger partial charge is 0.225 e. The molecule has 9 heteroatoms. The van der Waals surface area contributed by atoms with E-state index < -0.39 is 0 Å². The number of aliphatic hydroxyl groups excluding tert-OH is 1. The molecule has 1 aliphatic carbocycles. The molecule has 3 aromatic heterocycles. The van der Waals surface area contributed by atoms with Crippen LogP contribution in [-0.4, -0.2) is 63.1 Å². The Bertz CT molecular complexity index is 1360. The Morgan fingerprint density at radius 1 is 1.31 bits per heavy atom. The molecule has 4 heterocycles. The van der Waals surface area contributed by atoms with E-state index in [1.807, 2.05) is 25.1 Å². The number of aromatic nitrogens is 3. The van der Waals surface area contributed by atoms with Crippen LogP contribution in [0.3, 0.4) is 0 Å². The lowest BCUT2D eigenvalue weighted by atomic mass is 10.1. The molecule has 0 aromatic carbocycles. The van der Waals surface area contributed by atoms with Crippen molar-refractivity contribution in [2.24, 2.45) is 0 Å². The largest absolute Gasteiger partial charge is 0.396 e. The molecule has 1 amide bonds. The number of hydrogen-bond acceptors (Lipinski definition) is 8. The van der Waals surface area contributed by atoms with Crippen molar-refractivity contribution < 1.29 is 9.90 Å². The third kappa shape index (κ3) is 4.60. The number of carbonyl (C=O) groups excluding carboxylic acids is 1. The molecule has 5 rings (SSSR count). The number of nitriles is 1. The molecule has 0 radical (unpaired) electrons. The fourth-order valence-corrected chi connectivity index (χ4v) is 4.82. The molecule has 1 aliphatic heterocycles. The molecule has 1 saturated carbocycles. The molecular formula is C27H29N7O2. The van der Waals surface area contributed by atoms with Gasteiger partial charge in [-0.1, -0.05) is 6.58 Å². The Balaban J connectivity index is 1.49. The summed E-state index contributed by atoms with van der Waals surface area (Å²) in [4.78, 5) is 30.1. The second-order valence-electron chi connectivity index (χ2n) is 9.35. The number of rotatable bonds is 7. The first-order chi connectivity index (χ1) is 17.5. The zero-order valence-electron chi connectivity index (χ0n) is 20.3. The molecule has 3 aromatic rings. The van der Waals surface area contributed by atoms with E-state index in [9.17, 15) is 10.1 Å².